The zero-order valence-corrected chi connectivity index (χ0v) is 18.7. The average Bonchev–Trinajstić information content (AvgIpc) is 2.73. The van der Waals surface area contributed by atoms with Crippen LogP contribution >= 0.6 is 0 Å². The molecule has 0 heterocycles. The second-order valence-corrected chi connectivity index (χ2v) is 8.48. The van der Waals surface area contributed by atoms with Crippen LogP contribution in [0.1, 0.15) is 50.3 Å². The van der Waals surface area contributed by atoms with Gasteiger partial charge in [0.25, 0.3) is 0 Å². The number of quaternary nitrogens is 1. The zero-order valence-electron chi connectivity index (χ0n) is 18.7. The van der Waals surface area contributed by atoms with Gasteiger partial charge in [0.15, 0.2) is 0 Å². The average molecular weight is 398 g/mol. The smallest absolute Gasteiger partial charge is 0.410 e. The van der Waals surface area contributed by atoms with Crippen molar-refractivity contribution in [3.05, 3.63) is 65.7 Å². The Balaban J connectivity index is 1.91. The van der Waals surface area contributed by atoms with Crippen LogP contribution < -0.4 is 4.74 Å². The van der Waals surface area contributed by atoms with E-state index in [-0.39, 0.29) is 6.09 Å². The van der Waals surface area contributed by atoms with E-state index in [2.05, 4.69) is 70.4 Å². The number of likely N-dealkylation sites (N-methyl/N-ethyl adjacent to an activating group) is 1. The van der Waals surface area contributed by atoms with Crippen molar-refractivity contribution in [2.24, 2.45) is 0 Å². The van der Waals surface area contributed by atoms with Crippen molar-refractivity contribution in [2.75, 3.05) is 34.2 Å². The molecular weight excluding hydrogens is 360 g/mol. The van der Waals surface area contributed by atoms with Crippen LogP contribution in [0.15, 0.2) is 54.6 Å². The molecule has 1 atom stereocenters. The topological polar surface area (TPSA) is 29.5 Å². The minimum atomic E-state index is -0.291. The molecule has 29 heavy (non-hydrogen) atoms. The first-order valence-electron chi connectivity index (χ1n) is 10.7. The van der Waals surface area contributed by atoms with E-state index < -0.39 is 0 Å². The second kappa shape index (κ2) is 11.0. The van der Waals surface area contributed by atoms with Crippen LogP contribution in [0.5, 0.6) is 5.75 Å². The van der Waals surface area contributed by atoms with Gasteiger partial charge in [-0.3, -0.25) is 0 Å². The number of carbonyl (C=O) groups excluding carboxylic acids is 1. The summed E-state index contributed by atoms with van der Waals surface area (Å²) in [6.07, 6.45) is 4.04. The maximum atomic E-state index is 12.2. The summed E-state index contributed by atoms with van der Waals surface area (Å²) in [5, 5.41) is 0. The fourth-order valence-electron chi connectivity index (χ4n) is 3.34. The first kappa shape index (κ1) is 23.0. The predicted octanol–water partition coefficient (Wildman–Crippen LogP) is 5.69. The van der Waals surface area contributed by atoms with Crippen molar-refractivity contribution in [3.63, 3.8) is 0 Å². The van der Waals surface area contributed by atoms with Gasteiger partial charge in [0, 0.05) is 25.6 Å². The summed E-state index contributed by atoms with van der Waals surface area (Å²) < 4.78 is 6.41. The molecule has 4 heteroatoms. The molecule has 2 rings (SSSR count). The summed E-state index contributed by atoms with van der Waals surface area (Å²) in [5.74, 6) is 0.600. The highest BCUT2D eigenvalue weighted by Gasteiger charge is 2.25. The van der Waals surface area contributed by atoms with Crippen LogP contribution in [0.3, 0.4) is 0 Å². The minimum Gasteiger partial charge on any atom is -0.410 e. The lowest BCUT2D eigenvalue weighted by Gasteiger charge is -2.36. The molecule has 2 aromatic carbocycles. The molecule has 158 valence electrons. The highest BCUT2D eigenvalue weighted by molar-refractivity contribution is 5.70. The van der Waals surface area contributed by atoms with Gasteiger partial charge in [-0.2, -0.15) is 0 Å². The number of amides is 1. The van der Waals surface area contributed by atoms with E-state index in [4.69, 9.17) is 4.74 Å². The number of carbonyl (C=O) groups is 1. The van der Waals surface area contributed by atoms with Crippen LogP contribution in [0.4, 0.5) is 4.79 Å². The Labute approximate surface area is 176 Å². The van der Waals surface area contributed by atoms with E-state index in [1.54, 1.807) is 11.9 Å². The first-order chi connectivity index (χ1) is 13.8. The maximum absolute atomic E-state index is 12.2. The first-order valence-corrected chi connectivity index (χ1v) is 10.7. The van der Waals surface area contributed by atoms with Gasteiger partial charge in [-0.1, -0.05) is 50.1 Å². The third-order valence-corrected chi connectivity index (χ3v) is 5.84. The highest BCUT2D eigenvalue weighted by atomic mass is 16.6. The standard InChI is InChI=1S/C25H37N2O2/c1-6-7-11-19-26(3)25(28)29-24-16-14-23(15-17-24)21(2)27(4,5)20-18-22-12-9-8-10-13-22/h8-10,12-17,21H,6-7,11,18-20H2,1-5H3/q+1. The highest BCUT2D eigenvalue weighted by Crippen LogP contribution is 2.27. The summed E-state index contributed by atoms with van der Waals surface area (Å²) in [6.45, 7) is 6.20. The van der Waals surface area contributed by atoms with Crippen LogP contribution in [0, 0.1) is 0 Å². The quantitative estimate of drug-likeness (QED) is 0.381. The number of rotatable bonds is 10. The molecular formula is C25H37N2O2+. The molecule has 0 bridgehead atoms. The van der Waals surface area contributed by atoms with Crippen molar-refractivity contribution in [2.45, 2.75) is 45.6 Å². The summed E-state index contributed by atoms with van der Waals surface area (Å²) in [7, 11) is 6.33. The van der Waals surface area contributed by atoms with E-state index in [1.807, 2.05) is 12.1 Å². The molecule has 2 aromatic rings. The summed E-state index contributed by atoms with van der Waals surface area (Å²) in [4.78, 5) is 13.9. The number of nitrogens with zero attached hydrogens (tertiary/aromatic N) is 2. The number of hydrogen-bond acceptors (Lipinski definition) is 2. The van der Waals surface area contributed by atoms with Crippen molar-refractivity contribution in [3.8, 4) is 5.75 Å². The molecule has 0 aliphatic carbocycles. The van der Waals surface area contributed by atoms with Gasteiger partial charge in [0.1, 0.15) is 11.8 Å². The number of ether oxygens (including phenoxy) is 1. The Bertz CT molecular complexity index is 741. The molecule has 0 spiro atoms. The van der Waals surface area contributed by atoms with Gasteiger partial charge in [-0.15, -0.1) is 0 Å². The molecule has 0 N–H and O–H groups in total. The Morgan fingerprint density at radius 3 is 2.31 bits per heavy atom. The maximum Gasteiger partial charge on any atom is 0.414 e. The monoisotopic (exact) mass is 397 g/mol. The fraction of sp³-hybridized carbons (Fsp3) is 0.480. The molecule has 0 saturated heterocycles. The number of hydrogen-bond donors (Lipinski definition) is 0. The molecule has 0 saturated carbocycles. The van der Waals surface area contributed by atoms with Crippen molar-refractivity contribution < 1.29 is 14.0 Å². The molecule has 0 fully saturated rings. The largest absolute Gasteiger partial charge is 0.414 e. The Morgan fingerprint density at radius 1 is 1.03 bits per heavy atom. The minimum absolute atomic E-state index is 0.291. The van der Waals surface area contributed by atoms with Crippen LogP contribution in [-0.4, -0.2) is 49.7 Å². The van der Waals surface area contributed by atoms with Gasteiger partial charge < -0.3 is 14.1 Å². The molecule has 0 radical (unpaired) electrons. The van der Waals surface area contributed by atoms with Crippen molar-refractivity contribution >= 4 is 6.09 Å². The van der Waals surface area contributed by atoms with Gasteiger partial charge in [0.05, 0.1) is 20.6 Å². The Kier molecular flexibility index (Phi) is 8.71. The Hall–Kier alpha value is -2.33. The van der Waals surface area contributed by atoms with Gasteiger partial charge in [-0.05, 0) is 43.2 Å². The lowest BCUT2D eigenvalue weighted by molar-refractivity contribution is -0.919. The van der Waals surface area contributed by atoms with Crippen LogP contribution in [0.25, 0.3) is 0 Å². The molecule has 0 aliphatic heterocycles. The SMILES string of the molecule is CCCCCN(C)C(=O)Oc1ccc(C(C)[N+](C)(C)CCc2ccccc2)cc1. The van der Waals surface area contributed by atoms with Crippen molar-refractivity contribution in [1.82, 2.24) is 4.90 Å². The van der Waals surface area contributed by atoms with Gasteiger partial charge >= 0.3 is 6.09 Å². The van der Waals surface area contributed by atoms with E-state index >= 15 is 0 Å². The summed E-state index contributed by atoms with van der Waals surface area (Å²) in [5.41, 5.74) is 2.62. The molecule has 1 amide bonds. The lowest BCUT2D eigenvalue weighted by Crippen LogP contribution is -2.43. The van der Waals surface area contributed by atoms with E-state index in [9.17, 15) is 4.79 Å². The Morgan fingerprint density at radius 2 is 1.69 bits per heavy atom. The third kappa shape index (κ3) is 7.21. The second-order valence-electron chi connectivity index (χ2n) is 8.48. The van der Waals surface area contributed by atoms with Gasteiger partial charge in [0.2, 0.25) is 0 Å². The molecule has 1 unspecified atom stereocenters. The van der Waals surface area contributed by atoms with Crippen molar-refractivity contribution in [1.29, 1.82) is 0 Å². The van der Waals surface area contributed by atoms with E-state index in [0.29, 0.717) is 11.8 Å². The van der Waals surface area contributed by atoms with Crippen LogP contribution in [-0.2, 0) is 6.42 Å². The molecule has 0 aliphatic rings. The van der Waals surface area contributed by atoms with E-state index in [0.717, 1.165) is 43.3 Å². The summed E-state index contributed by atoms with van der Waals surface area (Å²) in [6, 6.07) is 18.9. The zero-order chi connectivity index (χ0) is 21.3. The normalized spacial score (nSPS) is 12.4. The number of benzene rings is 2. The van der Waals surface area contributed by atoms with Gasteiger partial charge in [-0.25, -0.2) is 4.79 Å². The van der Waals surface area contributed by atoms with E-state index in [1.165, 1.54) is 11.1 Å². The number of unbranched alkanes of at least 4 members (excludes halogenated alkanes) is 2. The fourth-order valence-corrected chi connectivity index (χ4v) is 3.34. The molecule has 4 nitrogen and oxygen atoms in total. The molecule has 0 aromatic heterocycles. The lowest BCUT2D eigenvalue weighted by atomic mass is 10.0. The third-order valence-electron chi connectivity index (χ3n) is 5.84. The predicted molar refractivity (Wildman–Crippen MR) is 120 cm³/mol. The van der Waals surface area contributed by atoms with Crippen LogP contribution in [0.2, 0.25) is 0 Å². The summed E-state index contributed by atoms with van der Waals surface area (Å²) >= 11 is 0.